The van der Waals surface area contributed by atoms with Crippen LogP contribution in [-0.4, -0.2) is 54.6 Å². The van der Waals surface area contributed by atoms with Gasteiger partial charge < -0.3 is 9.64 Å². The van der Waals surface area contributed by atoms with Crippen LogP contribution < -0.4 is 0 Å². The van der Waals surface area contributed by atoms with E-state index < -0.39 is 0 Å². The summed E-state index contributed by atoms with van der Waals surface area (Å²) in [6, 6.07) is 0. The molecule has 1 amide bonds. The highest BCUT2D eigenvalue weighted by molar-refractivity contribution is 5.87. The summed E-state index contributed by atoms with van der Waals surface area (Å²) in [5.74, 6) is -0.370. The molecule has 1 fully saturated rings. The van der Waals surface area contributed by atoms with Crippen molar-refractivity contribution in [1.29, 1.82) is 0 Å². The molecule has 1 unspecified atom stereocenters. The lowest BCUT2D eigenvalue weighted by atomic mass is 10.3. The Hall–Kier alpha value is -1.36. The Morgan fingerprint density at radius 3 is 2.38 bits per heavy atom. The van der Waals surface area contributed by atoms with E-state index in [1.807, 2.05) is 11.8 Å². The minimum absolute atomic E-state index is 0.266. The normalized spacial score (nSPS) is 19.0. The van der Waals surface area contributed by atoms with Crippen LogP contribution in [0.1, 0.15) is 13.8 Å². The van der Waals surface area contributed by atoms with E-state index in [2.05, 4.69) is 6.58 Å². The molecular formula is C11H18N2O3. The average Bonchev–Trinajstić information content (AvgIpc) is 2.28. The molecule has 1 atom stereocenters. The highest BCUT2D eigenvalue weighted by Gasteiger charge is 2.22. The van der Waals surface area contributed by atoms with Gasteiger partial charge in [0.05, 0.1) is 0 Å². The van der Waals surface area contributed by atoms with Crippen LogP contribution in [0.2, 0.25) is 0 Å². The van der Waals surface area contributed by atoms with Gasteiger partial charge in [0.25, 0.3) is 0 Å². The van der Waals surface area contributed by atoms with Crippen molar-refractivity contribution in [3.8, 4) is 0 Å². The number of carbonyl (C=O) groups excluding carboxylic acids is 2. The largest absolute Gasteiger partial charge is 0.443 e. The standard InChI is InChI=1S/C11H18N2O3/c1-9(2)11(15)16-10(3)13-6-4-12(8-14)5-7-13/h8,10H,1,4-7H2,2-3H3. The molecule has 1 heterocycles. The Labute approximate surface area is 95.6 Å². The van der Waals surface area contributed by atoms with Gasteiger partial charge in [-0.2, -0.15) is 0 Å². The van der Waals surface area contributed by atoms with Crippen LogP contribution in [0.25, 0.3) is 0 Å². The molecule has 0 radical (unpaired) electrons. The van der Waals surface area contributed by atoms with Crippen LogP contribution >= 0.6 is 0 Å². The van der Waals surface area contributed by atoms with E-state index in [4.69, 9.17) is 4.74 Å². The zero-order valence-corrected chi connectivity index (χ0v) is 9.81. The van der Waals surface area contributed by atoms with Crippen LogP contribution in [0, 0.1) is 0 Å². The third-order valence-corrected chi connectivity index (χ3v) is 2.64. The van der Waals surface area contributed by atoms with Gasteiger partial charge in [0, 0.05) is 31.8 Å². The third-order valence-electron chi connectivity index (χ3n) is 2.64. The molecule has 0 aromatic heterocycles. The maximum atomic E-state index is 11.3. The minimum atomic E-state index is -0.370. The molecule has 1 aliphatic rings. The first kappa shape index (κ1) is 12.7. The number of esters is 1. The van der Waals surface area contributed by atoms with E-state index in [1.165, 1.54) is 0 Å². The first-order valence-corrected chi connectivity index (χ1v) is 5.34. The summed E-state index contributed by atoms with van der Waals surface area (Å²) in [6.45, 7) is 9.80. The smallest absolute Gasteiger partial charge is 0.334 e. The van der Waals surface area contributed by atoms with Crippen LogP contribution in [-0.2, 0) is 14.3 Å². The predicted molar refractivity (Wildman–Crippen MR) is 59.6 cm³/mol. The quantitative estimate of drug-likeness (QED) is 0.391. The molecule has 0 aromatic rings. The Morgan fingerprint density at radius 1 is 1.38 bits per heavy atom. The molecule has 1 aliphatic heterocycles. The summed E-state index contributed by atoms with van der Waals surface area (Å²) in [7, 11) is 0. The lowest BCUT2D eigenvalue weighted by Crippen LogP contribution is -2.50. The number of nitrogens with zero attached hydrogens (tertiary/aromatic N) is 2. The maximum Gasteiger partial charge on any atom is 0.334 e. The number of hydrogen-bond acceptors (Lipinski definition) is 4. The fourth-order valence-corrected chi connectivity index (χ4v) is 1.54. The van der Waals surface area contributed by atoms with Gasteiger partial charge >= 0.3 is 5.97 Å². The SMILES string of the molecule is C=C(C)C(=O)OC(C)N1CCN(C=O)CC1. The van der Waals surface area contributed by atoms with E-state index in [0.29, 0.717) is 18.7 Å². The summed E-state index contributed by atoms with van der Waals surface area (Å²) in [5.41, 5.74) is 0.401. The molecule has 0 aliphatic carbocycles. The van der Waals surface area contributed by atoms with Gasteiger partial charge in [0.15, 0.2) is 6.23 Å². The monoisotopic (exact) mass is 226 g/mol. The van der Waals surface area contributed by atoms with E-state index in [9.17, 15) is 9.59 Å². The first-order chi connectivity index (χ1) is 7.54. The van der Waals surface area contributed by atoms with Crippen molar-refractivity contribution in [2.75, 3.05) is 26.2 Å². The van der Waals surface area contributed by atoms with Gasteiger partial charge in [-0.15, -0.1) is 0 Å². The lowest BCUT2D eigenvalue weighted by Gasteiger charge is -2.35. The molecule has 5 heteroatoms. The van der Waals surface area contributed by atoms with Crippen molar-refractivity contribution >= 4 is 12.4 Å². The molecule has 5 nitrogen and oxygen atoms in total. The van der Waals surface area contributed by atoms with Gasteiger partial charge in [0.2, 0.25) is 6.41 Å². The van der Waals surface area contributed by atoms with Gasteiger partial charge in [-0.25, -0.2) is 4.79 Å². The fourth-order valence-electron chi connectivity index (χ4n) is 1.54. The van der Waals surface area contributed by atoms with E-state index >= 15 is 0 Å². The van der Waals surface area contributed by atoms with Crippen LogP contribution in [0.4, 0.5) is 0 Å². The molecule has 0 bridgehead atoms. The number of piperazine rings is 1. The molecule has 90 valence electrons. The summed E-state index contributed by atoms with van der Waals surface area (Å²) < 4.78 is 5.20. The van der Waals surface area contributed by atoms with Crippen molar-refractivity contribution < 1.29 is 14.3 Å². The third kappa shape index (κ3) is 3.34. The van der Waals surface area contributed by atoms with E-state index in [1.54, 1.807) is 11.8 Å². The average molecular weight is 226 g/mol. The Bertz CT molecular complexity index is 283. The molecule has 1 rings (SSSR count). The highest BCUT2D eigenvalue weighted by atomic mass is 16.6. The van der Waals surface area contributed by atoms with Gasteiger partial charge in [-0.05, 0) is 13.8 Å². The molecule has 0 saturated carbocycles. The second-order valence-corrected chi connectivity index (χ2v) is 3.96. The molecular weight excluding hydrogens is 208 g/mol. The Balaban J connectivity index is 2.38. The van der Waals surface area contributed by atoms with E-state index in [0.717, 1.165) is 19.5 Å². The second kappa shape index (κ2) is 5.65. The zero-order valence-electron chi connectivity index (χ0n) is 9.81. The van der Waals surface area contributed by atoms with Crippen molar-refractivity contribution in [3.63, 3.8) is 0 Å². The minimum Gasteiger partial charge on any atom is -0.443 e. The summed E-state index contributed by atoms with van der Waals surface area (Å²) in [5, 5.41) is 0. The van der Waals surface area contributed by atoms with Crippen molar-refractivity contribution in [2.24, 2.45) is 0 Å². The summed E-state index contributed by atoms with van der Waals surface area (Å²) in [4.78, 5) is 25.6. The molecule has 1 saturated heterocycles. The number of hydrogen-bond donors (Lipinski definition) is 0. The summed E-state index contributed by atoms with van der Waals surface area (Å²) >= 11 is 0. The van der Waals surface area contributed by atoms with E-state index in [-0.39, 0.29) is 12.2 Å². The van der Waals surface area contributed by atoms with Gasteiger partial charge in [-0.1, -0.05) is 6.58 Å². The number of ether oxygens (including phenoxy) is 1. The lowest BCUT2D eigenvalue weighted by molar-refractivity contribution is -0.154. The van der Waals surface area contributed by atoms with Crippen molar-refractivity contribution in [3.05, 3.63) is 12.2 Å². The Kier molecular flexibility index (Phi) is 4.49. The summed E-state index contributed by atoms with van der Waals surface area (Å²) in [6.07, 6.45) is 0.583. The van der Waals surface area contributed by atoms with Crippen molar-refractivity contribution in [2.45, 2.75) is 20.1 Å². The molecule has 0 N–H and O–H groups in total. The van der Waals surface area contributed by atoms with Crippen LogP contribution in [0.3, 0.4) is 0 Å². The second-order valence-electron chi connectivity index (χ2n) is 3.96. The van der Waals surface area contributed by atoms with Gasteiger partial charge in [-0.3, -0.25) is 9.69 Å². The Morgan fingerprint density at radius 2 is 1.94 bits per heavy atom. The molecule has 0 spiro atoms. The topological polar surface area (TPSA) is 49.9 Å². The highest BCUT2D eigenvalue weighted by Crippen LogP contribution is 2.08. The van der Waals surface area contributed by atoms with Crippen LogP contribution in [0.5, 0.6) is 0 Å². The molecule has 16 heavy (non-hydrogen) atoms. The van der Waals surface area contributed by atoms with Crippen LogP contribution in [0.15, 0.2) is 12.2 Å². The predicted octanol–water partition coefficient (Wildman–Crippen LogP) is 0.226. The maximum absolute atomic E-state index is 11.3. The van der Waals surface area contributed by atoms with Crippen molar-refractivity contribution in [1.82, 2.24) is 9.80 Å². The number of carbonyl (C=O) groups is 2. The molecule has 0 aromatic carbocycles. The van der Waals surface area contributed by atoms with Gasteiger partial charge in [0.1, 0.15) is 0 Å². The number of amides is 1. The fraction of sp³-hybridized carbons (Fsp3) is 0.636. The first-order valence-electron chi connectivity index (χ1n) is 5.34. The number of rotatable bonds is 4. The zero-order chi connectivity index (χ0) is 12.1.